The Balaban J connectivity index is 2.18. The highest BCUT2D eigenvalue weighted by Crippen LogP contribution is 2.07. The summed E-state index contributed by atoms with van der Waals surface area (Å²) in [4.78, 5) is 13.7. The van der Waals surface area contributed by atoms with Crippen LogP contribution in [-0.4, -0.2) is 48.9 Å². The molecule has 5 nitrogen and oxygen atoms in total. The summed E-state index contributed by atoms with van der Waals surface area (Å²) in [7, 11) is 2.11. The summed E-state index contributed by atoms with van der Waals surface area (Å²) in [6.45, 7) is 6.49. The van der Waals surface area contributed by atoms with Gasteiger partial charge >= 0.3 is 6.09 Å². The van der Waals surface area contributed by atoms with E-state index < -0.39 is 6.09 Å². The van der Waals surface area contributed by atoms with Gasteiger partial charge in [0.2, 0.25) is 0 Å². The molecule has 18 heavy (non-hydrogen) atoms. The Kier molecular flexibility index (Phi) is 6.35. The molecule has 2 N–H and O–H groups in total. The van der Waals surface area contributed by atoms with E-state index in [2.05, 4.69) is 22.6 Å². The minimum Gasteiger partial charge on any atom is -0.449 e. The number of piperidine rings is 1. The van der Waals surface area contributed by atoms with Crippen LogP contribution >= 0.6 is 12.2 Å². The van der Waals surface area contributed by atoms with E-state index in [0.29, 0.717) is 23.7 Å². The first-order valence-corrected chi connectivity index (χ1v) is 6.81. The Bertz CT molecular complexity index is 289. The van der Waals surface area contributed by atoms with E-state index in [1.807, 2.05) is 13.8 Å². The maximum Gasteiger partial charge on any atom is 0.413 e. The molecule has 0 bridgehead atoms. The van der Waals surface area contributed by atoms with Crippen LogP contribution in [0.25, 0.3) is 0 Å². The van der Waals surface area contributed by atoms with E-state index in [0.717, 1.165) is 25.9 Å². The van der Waals surface area contributed by atoms with Crippen molar-refractivity contribution < 1.29 is 9.53 Å². The maximum atomic E-state index is 11.4. The molecule has 0 aromatic rings. The van der Waals surface area contributed by atoms with Crippen molar-refractivity contribution in [1.29, 1.82) is 0 Å². The zero-order chi connectivity index (χ0) is 13.5. The zero-order valence-corrected chi connectivity index (χ0v) is 12.2. The number of amides is 1. The fourth-order valence-corrected chi connectivity index (χ4v) is 2.00. The first-order chi connectivity index (χ1) is 8.47. The van der Waals surface area contributed by atoms with Crippen LogP contribution in [0.2, 0.25) is 0 Å². The molecule has 0 radical (unpaired) electrons. The highest BCUT2D eigenvalue weighted by molar-refractivity contribution is 7.80. The second kappa shape index (κ2) is 7.53. The number of carbonyl (C=O) groups is 1. The van der Waals surface area contributed by atoms with Gasteiger partial charge in [-0.15, -0.1) is 0 Å². The van der Waals surface area contributed by atoms with Crippen molar-refractivity contribution in [3.63, 3.8) is 0 Å². The fraction of sp³-hybridized carbons (Fsp3) is 0.833. The van der Waals surface area contributed by atoms with Crippen molar-refractivity contribution in [1.82, 2.24) is 15.5 Å². The van der Waals surface area contributed by atoms with Gasteiger partial charge in [0.1, 0.15) is 0 Å². The largest absolute Gasteiger partial charge is 0.449 e. The number of rotatable bonds is 3. The number of nitrogens with one attached hydrogen (secondary N) is 2. The summed E-state index contributed by atoms with van der Waals surface area (Å²) in [6, 6.07) is 0.346. The number of likely N-dealkylation sites (tertiary alicyclic amines) is 1. The van der Waals surface area contributed by atoms with Crippen molar-refractivity contribution in [2.45, 2.75) is 32.7 Å². The summed E-state index contributed by atoms with van der Waals surface area (Å²) in [6.07, 6.45) is 1.60. The summed E-state index contributed by atoms with van der Waals surface area (Å²) < 4.78 is 4.99. The van der Waals surface area contributed by atoms with Gasteiger partial charge in [-0.05, 0) is 51.1 Å². The molecular formula is C12H23N3O2S. The molecule has 0 saturated carbocycles. The van der Waals surface area contributed by atoms with Crippen LogP contribution < -0.4 is 10.6 Å². The molecule has 0 aliphatic carbocycles. The average molecular weight is 273 g/mol. The van der Waals surface area contributed by atoms with Crippen LogP contribution in [0.15, 0.2) is 0 Å². The normalized spacial score (nSPS) is 17.6. The highest BCUT2D eigenvalue weighted by Gasteiger charge is 2.17. The van der Waals surface area contributed by atoms with Gasteiger partial charge < -0.3 is 15.0 Å². The third kappa shape index (κ3) is 6.16. The molecular weight excluding hydrogens is 250 g/mol. The predicted molar refractivity (Wildman–Crippen MR) is 75.6 cm³/mol. The Morgan fingerprint density at radius 3 is 2.61 bits per heavy atom. The van der Waals surface area contributed by atoms with E-state index in [1.54, 1.807) is 0 Å². The quantitative estimate of drug-likeness (QED) is 0.760. The third-order valence-corrected chi connectivity index (χ3v) is 3.04. The monoisotopic (exact) mass is 273 g/mol. The zero-order valence-electron chi connectivity index (χ0n) is 11.4. The van der Waals surface area contributed by atoms with E-state index in [4.69, 9.17) is 17.0 Å². The van der Waals surface area contributed by atoms with Gasteiger partial charge in [-0.1, -0.05) is 13.8 Å². The third-order valence-electron chi connectivity index (χ3n) is 2.82. The molecule has 1 heterocycles. The summed E-state index contributed by atoms with van der Waals surface area (Å²) in [5.74, 6) is 0.325. The first kappa shape index (κ1) is 15.2. The van der Waals surface area contributed by atoms with Crippen LogP contribution in [0.5, 0.6) is 0 Å². The summed E-state index contributed by atoms with van der Waals surface area (Å²) >= 11 is 5.08. The lowest BCUT2D eigenvalue weighted by molar-refractivity contribution is 0.138. The predicted octanol–water partition coefficient (Wildman–Crippen LogP) is 1.34. The van der Waals surface area contributed by atoms with E-state index in [-0.39, 0.29) is 0 Å². The van der Waals surface area contributed by atoms with Crippen molar-refractivity contribution in [2.75, 3.05) is 26.7 Å². The average Bonchev–Trinajstić information content (AvgIpc) is 2.29. The lowest BCUT2D eigenvalue weighted by Crippen LogP contribution is -2.48. The SMILES string of the molecule is CC(C)COC(=O)NC(=S)NC1CCN(C)CC1. The van der Waals surface area contributed by atoms with Crippen LogP contribution in [0.4, 0.5) is 4.79 Å². The lowest BCUT2D eigenvalue weighted by Gasteiger charge is -2.30. The van der Waals surface area contributed by atoms with Gasteiger partial charge in [-0.25, -0.2) is 4.79 Å². The molecule has 1 aliphatic rings. The van der Waals surface area contributed by atoms with E-state index in [9.17, 15) is 4.79 Å². The molecule has 1 amide bonds. The van der Waals surface area contributed by atoms with Gasteiger partial charge in [0.15, 0.2) is 5.11 Å². The van der Waals surface area contributed by atoms with E-state index in [1.165, 1.54) is 0 Å². The number of hydrogen-bond donors (Lipinski definition) is 2. The molecule has 1 fully saturated rings. The van der Waals surface area contributed by atoms with Crippen molar-refractivity contribution in [2.24, 2.45) is 5.92 Å². The minimum atomic E-state index is -0.478. The number of carbonyl (C=O) groups excluding carboxylic acids is 1. The molecule has 0 aromatic carbocycles. The Hall–Kier alpha value is -0.880. The molecule has 1 rings (SSSR count). The standard InChI is InChI=1S/C12H23N3O2S/c1-9(2)8-17-12(16)14-11(18)13-10-4-6-15(3)7-5-10/h9-10H,4-8H2,1-3H3,(H2,13,14,16,18). The Labute approximate surface area is 114 Å². The number of nitrogens with zero attached hydrogens (tertiary/aromatic N) is 1. The number of alkyl carbamates (subject to hydrolysis) is 1. The fourth-order valence-electron chi connectivity index (χ4n) is 1.75. The second-order valence-corrected chi connectivity index (χ2v) is 5.58. The number of thiocarbonyl (C=S) groups is 1. The van der Waals surface area contributed by atoms with Crippen LogP contribution in [0.3, 0.4) is 0 Å². The van der Waals surface area contributed by atoms with Gasteiger partial charge in [0.05, 0.1) is 6.61 Å². The number of hydrogen-bond acceptors (Lipinski definition) is 4. The summed E-state index contributed by atoms with van der Waals surface area (Å²) in [5.41, 5.74) is 0. The molecule has 0 aromatic heterocycles. The minimum absolute atomic E-state index is 0.325. The van der Waals surface area contributed by atoms with Gasteiger partial charge in [0, 0.05) is 6.04 Å². The van der Waals surface area contributed by atoms with Crippen LogP contribution in [-0.2, 0) is 4.74 Å². The smallest absolute Gasteiger partial charge is 0.413 e. The van der Waals surface area contributed by atoms with Crippen molar-refractivity contribution in [3.05, 3.63) is 0 Å². The molecule has 1 aliphatic heterocycles. The highest BCUT2D eigenvalue weighted by atomic mass is 32.1. The van der Waals surface area contributed by atoms with Crippen molar-refractivity contribution >= 4 is 23.4 Å². The van der Waals surface area contributed by atoms with E-state index >= 15 is 0 Å². The second-order valence-electron chi connectivity index (χ2n) is 5.17. The van der Waals surface area contributed by atoms with Gasteiger partial charge in [-0.2, -0.15) is 0 Å². The topological polar surface area (TPSA) is 53.6 Å². The molecule has 6 heteroatoms. The van der Waals surface area contributed by atoms with Crippen LogP contribution in [0, 0.1) is 5.92 Å². The van der Waals surface area contributed by atoms with Crippen molar-refractivity contribution in [3.8, 4) is 0 Å². The molecule has 104 valence electrons. The molecule has 0 unspecified atom stereocenters. The first-order valence-electron chi connectivity index (χ1n) is 6.40. The van der Waals surface area contributed by atoms with Crippen LogP contribution in [0.1, 0.15) is 26.7 Å². The Morgan fingerprint density at radius 2 is 2.06 bits per heavy atom. The lowest BCUT2D eigenvalue weighted by atomic mass is 10.1. The molecule has 1 saturated heterocycles. The van der Waals surface area contributed by atoms with Gasteiger partial charge in [0.25, 0.3) is 0 Å². The summed E-state index contributed by atoms with van der Waals surface area (Å²) in [5, 5.41) is 6.05. The molecule has 0 atom stereocenters. The number of ether oxygens (including phenoxy) is 1. The maximum absolute atomic E-state index is 11.4. The van der Waals surface area contributed by atoms with Gasteiger partial charge in [-0.3, -0.25) is 5.32 Å². The Morgan fingerprint density at radius 1 is 1.44 bits per heavy atom. The molecule has 0 spiro atoms.